The summed E-state index contributed by atoms with van der Waals surface area (Å²) in [5.41, 5.74) is 2.99. The molecule has 1 heterocycles. The number of rotatable bonds is 3. The van der Waals surface area contributed by atoms with Gasteiger partial charge < -0.3 is 15.4 Å². The Kier molecular flexibility index (Phi) is 3.60. The van der Waals surface area contributed by atoms with Crippen LogP contribution in [-0.2, 0) is 0 Å². The van der Waals surface area contributed by atoms with Crippen molar-refractivity contribution in [1.82, 2.24) is 10.6 Å². The SMILES string of the molecule is COc1ccc([C@@H]2C=C(C34CC5CC(CC(C5)C3)C4)NC(=S)N2)cc1. The van der Waals surface area contributed by atoms with Gasteiger partial charge in [-0.05, 0) is 92.3 Å². The molecule has 5 aliphatic rings. The Morgan fingerprint density at radius 3 is 2.16 bits per heavy atom. The lowest BCUT2D eigenvalue weighted by molar-refractivity contribution is -0.0331. The van der Waals surface area contributed by atoms with Crippen molar-refractivity contribution in [2.75, 3.05) is 7.11 Å². The molecular formula is C21H26N2OS. The summed E-state index contributed by atoms with van der Waals surface area (Å²) in [6.45, 7) is 0. The normalized spacial score (nSPS) is 38.8. The molecule has 0 spiro atoms. The van der Waals surface area contributed by atoms with Crippen LogP contribution in [0.5, 0.6) is 5.75 Å². The Bertz CT molecular complexity index is 689. The largest absolute Gasteiger partial charge is 0.497 e. The quantitative estimate of drug-likeness (QED) is 0.792. The summed E-state index contributed by atoms with van der Waals surface area (Å²) in [7, 11) is 1.71. The van der Waals surface area contributed by atoms with Crippen LogP contribution in [0, 0.1) is 23.2 Å². The standard InChI is InChI=1S/C21H26N2OS/c1-24-17-4-2-16(3-5-17)18-9-19(23-20(25)22-18)21-10-13-6-14(11-21)8-15(7-13)12-21/h2-5,9,13-15,18H,6-8,10-12H2,1H3,(H2,22,23,25)/t13?,14?,15?,18-,21?/m0/s1. The summed E-state index contributed by atoms with van der Waals surface area (Å²) < 4.78 is 5.29. The monoisotopic (exact) mass is 354 g/mol. The Balaban J connectivity index is 1.47. The minimum Gasteiger partial charge on any atom is -0.497 e. The molecule has 4 saturated carbocycles. The number of allylic oxidation sites excluding steroid dienone is 1. The molecule has 0 amide bonds. The number of hydrogen-bond donors (Lipinski definition) is 2. The van der Waals surface area contributed by atoms with Crippen molar-refractivity contribution in [1.29, 1.82) is 0 Å². The van der Waals surface area contributed by atoms with Gasteiger partial charge in [0, 0.05) is 11.1 Å². The number of nitrogens with one attached hydrogen (secondary N) is 2. The maximum Gasteiger partial charge on any atom is 0.171 e. The van der Waals surface area contributed by atoms with Crippen molar-refractivity contribution in [3.05, 3.63) is 41.6 Å². The highest BCUT2D eigenvalue weighted by Gasteiger charge is 2.53. The smallest absolute Gasteiger partial charge is 0.171 e. The van der Waals surface area contributed by atoms with Crippen molar-refractivity contribution in [3.8, 4) is 5.75 Å². The van der Waals surface area contributed by atoms with Crippen LogP contribution >= 0.6 is 12.2 Å². The van der Waals surface area contributed by atoms with Gasteiger partial charge in [-0.3, -0.25) is 0 Å². The Morgan fingerprint density at radius 1 is 1.00 bits per heavy atom. The van der Waals surface area contributed by atoms with Gasteiger partial charge in [-0.15, -0.1) is 0 Å². The van der Waals surface area contributed by atoms with E-state index in [1.807, 2.05) is 12.1 Å². The highest BCUT2D eigenvalue weighted by Crippen LogP contribution is 2.62. The average molecular weight is 355 g/mol. The second kappa shape index (κ2) is 5.73. The molecule has 132 valence electrons. The number of thiocarbonyl (C=S) groups is 1. The molecule has 4 aliphatic carbocycles. The van der Waals surface area contributed by atoms with E-state index in [1.54, 1.807) is 7.11 Å². The number of benzene rings is 1. The van der Waals surface area contributed by atoms with Crippen LogP contribution in [0.3, 0.4) is 0 Å². The maximum atomic E-state index is 5.58. The van der Waals surface area contributed by atoms with Gasteiger partial charge in [-0.2, -0.15) is 0 Å². The van der Waals surface area contributed by atoms with Crippen LogP contribution in [0.2, 0.25) is 0 Å². The van der Waals surface area contributed by atoms with Gasteiger partial charge in [0.2, 0.25) is 0 Å². The molecule has 0 unspecified atom stereocenters. The van der Waals surface area contributed by atoms with Gasteiger partial charge in [-0.25, -0.2) is 0 Å². The summed E-state index contributed by atoms with van der Waals surface area (Å²) in [5.74, 6) is 3.72. The molecular weight excluding hydrogens is 328 g/mol. The molecule has 4 bridgehead atoms. The zero-order valence-corrected chi connectivity index (χ0v) is 15.6. The molecule has 4 heteroatoms. The molecule has 6 rings (SSSR count). The van der Waals surface area contributed by atoms with E-state index >= 15 is 0 Å². The zero-order valence-electron chi connectivity index (χ0n) is 14.8. The fourth-order valence-corrected chi connectivity index (χ4v) is 6.53. The Hall–Kier alpha value is -1.55. The van der Waals surface area contributed by atoms with E-state index < -0.39 is 0 Å². The highest BCUT2D eigenvalue weighted by molar-refractivity contribution is 7.80. The first-order valence-corrected chi connectivity index (χ1v) is 9.98. The molecule has 3 nitrogen and oxygen atoms in total. The topological polar surface area (TPSA) is 33.3 Å². The highest BCUT2D eigenvalue weighted by atomic mass is 32.1. The third-order valence-corrected chi connectivity index (χ3v) is 7.17. The van der Waals surface area contributed by atoms with E-state index in [9.17, 15) is 0 Å². The molecule has 1 atom stereocenters. The third kappa shape index (κ3) is 2.66. The van der Waals surface area contributed by atoms with E-state index in [-0.39, 0.29) is 6.04 Å². The van der Waals surface area contributed by atoms with Gasteiger partial charge >= 0.3 is 0 Å². The van der Waals surface area contributed by atoms with Crippen LogP contribution in [0.1, 0.15) is 50.1 Å². The molecule has 1 aromatic carbocycles. The Labute approximate surface area is 155 Å². The molecule has 0 radical (unpaired) electrons. The Morgan fingerprint density at radius 2 is 1.60 bits per heavy atom. The zero-order chi connectivity index (χ0) is 17.0. The van der Waals surface area contributed by atoms with E-state index in [1.165, 1.54) is 49.8 Å². The van der Waals surface area contributed by atoms with Crippen molar-refractivity contribution in [2.45, 2.75) is 44.6 Å². The average Bonchev–Trinajstić information content (AvgIpc) is 2.60. The minimum atomic E-state index is 0.155. The first kappa shape index (κ1) is 15.7. The van der Waals surface area contributed by atoms with Gasteiger partial charge in [0.1, 0.15) is 5.75 Å². The number of hydrogen-bond acceptors (Lipinski definition) is 2. The summed E-state index contributed by atoms with van der Waals surface area (Å²) in [6, 6.07) is 8.49. The second-order valence-corrected chi connectivity index (χ2v) is 9.04. The first-order valence-electron chi connectivity index (χ1n) is 9.57. The molecule has 0 saturated heterocycles. The number of methoxy groups -OCH3 is 1. The van der Waals surface area contributed by atoms with Crippen molar-refractivity contribution < 1.29 is 4.74 Å². The van der Waals surface area contributed by atoms with Crippen molar-refractivity contribution >= 4 is 17.3 Å². The summed E-state index contributed by atoms with van der Waals surface area (Å²) in [6.07, 6.45) is 10.9. The van der Waals surface area contributed by atoms with Gasteiger partial charge in [0.15, 0.2) is 5.11 Å². The summed E-state index contributed by atoms with van der Waals surface area (Å²) in [5, 5.41) is 7.76. The van der Waals surface area contributed by atoms with Crippen LogP contribution in [0.4, 0.5) is 0 Å². The van der Waals surface area contributed by atoms with Crippen LogP contribution in [0.25, 0.3) is 0 Å². The van der Waals surface area contributed by atoms with Crippen LogP contribution in [-0.4, -0.2) is 12.2 Å². The van der Waals surface area contributed by atoms with Gasteiger partial charge in [-0.1, -0.05) is 12.1 Å². The van der Waals surface area contributed by atoms with Gasteiger partial charge in [0.25, 0.3) is 0 Å². The van der Waals surface area contributed by atoms with Crippen molar-refractivity contribution in [3.63, 3.8) is 0 Å². The predicted octanol–water partition coefficient (Wildman–Crippen LogP) is 4.31. The van der Waals surface area contributed by atoms with Gasteiger partial charge in [0.05, 0.1) is 13.2 Å². The fourth-order valence-electron chi connectivity index (χ4n) is 6.29. The third-order valence-electron chi connectivity index (χ3n) is 6.95. The molecule has 25 heavy (non-hydrogen) atoms. The van der Waals surface area contributed by atoms with Crippen LogP contribution < -0.4 is 15.4 Å². The fraction of sp³-hybridized carbons (Fsp3) is 0.571. The van der Waals surface area contributed by atoms with E-state index in [2.05, 4.69) is 28.8 Å². The van der Waals surface area contributed by atoms with E-state index in [0.717, 1.165) is 28.6 Å². The van der Waals surface area contributed by atoms with E-state index in [0.29, 0.717) is 5.41 Å². The molecule has 2 N–H and O–H groups in total. The molecule has 4 fully saturated rings. The summed E-state index contributed by atoms with van der Waals surface area (Å²) >= 11 is 5.58. The minimum absolute atomic E-state index is 0.155. The summed E-state index contributed by atoms with van der Waals surface area (Å²) in [4.78, 5) is 0. The molecule has 1 aromatic rings. The second-order valence-electron chi connectivity index (χ2n) is 8.63. The predicted molar refractivity (Wildman–Crippen MR) is 103 cm³/mol. The van der Waals surface area contributed by atoms with Crippen molar-refractivity contribution in [2.24, 2.45) is 23.2 Å². The number of ether oxygens (including phenoxy) is 1. The lowest BCUT2D eigenvalue weighted by atomic mass is 9.48. The first-order chi connectivity index (χ1) is 12.1. The maximum absolute atomic E-state index is 5.58. The molecule has 0 aromatic heterocycles. The lowest BCUT2D eigenvalue weighted by Crippen LogP contribution is -2.53. The van der Waals surface area contributed by atoms with Crippen LogP contribution in [0.15, 0.2) is 36.0 Å². The lowest BCUT2D eigenvalue weighted by Gasteiger charge is -2.58. The molecule has 1 aliphatic heterocycles. The van der Waals surface area contributed by atoms with E-state index in [4.69, 9.17) is 17.0 Å².